The zero-order valence-corrected chi connectivity index (χ0v) is 20.4. The molecule has 0 aliphatic heterocycles. The molecule has 1 saturated carbocycles. The molecule has 2 aromatic carbocycles. The van der Waals surface area contributed by atoms with Gasteiger partial charge in [0.1, 0.15) is 0 Å². The molecule has 1 fully saturated rings. The second-order valence-corrected chi connectivity index (χ2v) is 11.8. The van der Waals surface area contributed by atoms with Gasteiger partial charge in [0.2, 0.25) is 0 Å². The molecule has 3 N–H and O–H groups in total. The molecular weight excluding hydrogens is 461 g/mol. The van der Waals surface area contributed by atoms with Crippen LogP contribution in [0.3, 0.4) is 0 Å². The van der Waals surface area contributed by atoms with Crippen molar-refractivity contribution in [3.63, 3.8) is 0 Å². The van der Waals surface area contributed by atoms with Crippen LogP contribution in [0.1, 0.15) is 25.7 Å². The van der Waals surface area contributed by atoms with E-state index in [4.69, 9.17) is 11.6 Å². The molecule has 33 heavy (non-hydrogen) atoms. The number of anilines is 1. The van der Waals surface area contributed by atoms with E-state index in [1.54, 1.807) is 12.5 Å². The molecule has 0 spiro atoms. The van der Waals surface area contributed by atoms with Crippen molar-refractivity contribution < 1.29 is 13.7 Å². The first kappa shape index (κ1) is 23.8. The van der Waals surface area contributed by atoms with E-state index >= 15 is 0 Å². The number of phenolic OH excluding ortho intramolecular Hbond substituents is 1. The zero-order valence-electron chi connectivity index (χ0n) is 18.8. The molecule has 0 bridgehead atoms. The van der Waals surface area contributed by atoms with Gasteiger partial charge < -0.3 is 15.7 Å². The summed E-state index contributed by atoms with van der Waals surface area (Å²) in [5.41, 5.74) is 2.76. The van der Waals surface area contributed by atoms with Crippen LogP contribution >= 0.6 is 11.6 Å². The number of rotatable bonds is 6. The van der Waals surface area contributed by atoms with Gasteiger partial charge in [-0.15, -0.1) is 0 Å². The van der Waals surface area contributed by atoms with E-state index < -0.39 is 21.1 Å². The van der Waals surface area contributed by atoms with Crippen LogP contribution < -0.4 is 10.6 Å². The lowest BCUT2D eigenvalue weighted by atomic mass is 9.86. The monoisotopic (exact) mass is 489 g/mol. The van der Waals surface area contributed by atoms with Gasteiger partial charge in [-0.25, -0.2) is 4.39 Å². The molecule has 5 nitrogen and oxygen atoms in total. The number of benzene rings is 2. The topological polar surface area (TPSA) is 74.2 Å². The summed E-state index contributed by atoms with van der Waals surface area (Å²) >= 11 is 6.00. The van der Waals surface area contributed by atoms with Gasteiger partial charge in [-0.1, -0.05) is 17.7 Å². The van der Waals surface area contributed by atoms with Crippen molar-refractivity contribution in [2.75, 3.05) is 25.2 Å². The normalized spacial score (nSPS) is 20.5. The highest BCUT2D eigenvalue weighted by Crippen LogP contribution is 2.37. The Morgan fingerprint density at radius 3 is 2.58 bits per heavy atom. The van der Waals surface area contributed by atoms with Crippen LogP contribution in [0.4, 0.5) is 10.1 Å². The first-order chi connectivity index (χ1) is 15.7. The van der Waals surface area contributed by atoms with Gasteiger partial charge in [-0.3, -0.25) is 9.19 Å². The number of phenols is 1. The summed E-state index contributed by atoms with van der Waals surface area (Å²) in [4.78, 5) is 5.10. The Labute approximate surface area is 199 Å². The highest BCUT2D eigenvalue weighted by atomic mass is 35.5. The van der Waals surface area contributed by atoms with Gasteiger partial charge >= 0.3 is 0 Å². The largest absolute Gasteiger partial charge is 0.504 e. The lowest BCUT2D eigenvalue weighted by Gasteiger charge is -2.30. The standard InChI is InChI=1S/C25H29ClFN3O2S/c1-28-13-15-4-7-18(8-5-15)30-24-19-10-16(17-11-20(26)25(31)21(27)12-17)6-9-22(19)29-14-23(24)33(2,3)32/h6,9-12,14-15,18,28,31H,2,4-5,7-8,13H2,1,3H3,(H,29,30). The zero-order chi connectivity index (χ0) is 23.8. The van der Waals surface area contributed by atoms with Crippen LogP contribution in [-0.2, 0) is 9.52 Å². The highest BCUT2D eigenvalue weighted by Gasteiger charge is 2.23. The van der Waals surface area contributed by atoms with Crippen molar-refractivity contribution in [3.05, 3.63) is 47.4 Å². The molecule has 0 radical (unpaired) electrons. The maximum atomic E-state index is 14.1. The lowest BCUT2D eigenvalue weighted by Crippen LogP contribution is -2.30. The third kappa shape index (κ3) is 5.10. The number of pyridine rings is 1. The number of hydrogen-bond donors (Lipinski definition) is 3. The first-order valence-electron chi connectivity index (χ1n) is 11.0. The quantitative estimate of drug-likeness (QED) is 0.410. The van der Waals surface area contributed by atoms with E-state index in [1.807, 2.05) is 25.2 Å². The predicted octanol–water partition coefficient (Wildman–Crippen LogP) is 5.30. The van der Waals surface area contributed by atoms with Gasteiger partial charge in [-0.2, -0.15) is 0 Å². The molecule has 3 aromatic rings. The smallest absolute Gasteiger partial charge is 0.170 e. The van der Waals surface area contributed by atoms with Crippen molar-refractivity contribution in [2.45, 2.75) is 36.6 Å². The maximum absolute atomic E-state index is 14.1. The van der Waals surface area contributed by atoms with Gasteiger partial charge in [0.05, 0.1) is 21.1 Å². The fraction of sp³-hybridized carbons (Fsp3) is 0.360. The molecule has 4 rings (SSSR count). The molecular formula is C25H29ClFN3O2S. The number of fused-ring (bicyclic) bond motifs is 1. The lowest BCUT2D eigenvalue weighted by molar-refractivity contribution is 0.331. The van der Waals surface area contributed by atoms with Crippen LogP contribution in [-0.4, -0.2) is 46.1 Å². The average molecular weight is 490 g/mol. The minimum Gasteiger partial charge on any atom is -0.504 e. The van der Waals surface area contributed by atoms with Crippen molar-refractivity contribution in [2.24, 2.45) is 5.92 Å². The molecule has 0 saturated heterocycles. The predicted molar refractivity (Wildman–Crippen MR) is 137 cm³/mol. The van der Waals surface area contributed by atoms with E-state index in [2.05, 4.69) is 21.5 Å². The fourth-order valence-corrected chi connectivity index (χ4v) is 5.65. The van der Waals surface area contributed by atoms with Gasteiger partial charge in [-0.05, 0) is 96.0 Å². The Kier molecular flexibility index (Phi) is 6.84. The molecule has 8 heteroatoms. The second-order valence-electron chi connectivity index (χ2n) is 8.94. The molecule has 1 aromatic heterocycles. The summed E-state index contributed by atoms with van der Waals surface area (Å²) in [6.45, 7) is 1.02. The van der Waals surface area contributed by atoms with Gasteiger partial charge in [0.15, 0.2) is 11.6 Å². The number of nitrogens with zero attached hydrogens (tertiary/aromatic N) is 1. The molecule has 1 aliphatic rings. The number of aromatic nitrogens is 1. The molecule has 1 heterocycles. The molecule has 176 valence electrons. The van der Waals surface area contributed by atoms with Gasteiger partial charge in [0.25, 0.3) is 0 Å². The van der Waals surface area contributed by atoms with Crippen LogP contribution in [0.25, 0.3) is 22.0 Å². The Morgan fingerprint density at radius 2 is 1.94 bits per heavy atom. The van der Waals surface area contributed by atoms with Crippen LogP contribution in [0.2, 0.25) is 5.02 Å². The van der Waals surface area contributed by atoms with E-state index in [9.17, 15) is 13.7 Å². The minimum atomic E-state index is -2.54. The summed E-state index contributed by atoms with van der Waals surface area (Å²) in [7, 11) is -0.558. The van der Waals surface area contributed by atoms with Gasteiger partial charge in [0, 0.05) is 23.9 Å². The van der Waals surface area contributed by atoms with Crippen LogP contribution in [0.5, 0.6) is 5.75 Å². The second kappa shape index (κ2) is 9.49. The summed E-state index contributed by atoms with van der Waals surface area (Å²) < 4.78 is 27.1. The Hall–Kier alpha value is -2.35. The number of aromatic hydroxyl groups is 1. The number of halogens is 2. The average Bonchev–Trinajstić information content (AvgIpc) is 2.77. The fourth-order valence-electron chi connectivity index (χ4n) is 4.57. The Balaban J connectivity index is 1.78. The maximum Gasteiger partial charge on any atom is 0.170 e. The Bertz CT molecular complexity index is 1270. The van der Waals surface area contributed by atoms with Crippen molar-refractivity contribution in [1.82, 2.24) is 10.3 Å². The van der Waals surface area contributed by atoms with Crippen molar-refractivity contribution in [1.29, 1.82) is 0 Å². The first-order valence-corrected chi connectivity index (χ1v) is 13.5. The molecule has 1 aliphatic carbocycles. The number of hydrogen-bond acceptors (Lipinski definition) is 5. The molecule has 1 unspecified atom stereocenters. The summed E-state index contributed by atoms with van der Waals surface area (Å²) in [5.74, 6) is 3.22. The third-order valence-corrected chi connectivity index (χ3v) is 7.86. The summed E-state index contributed by atoms with van der Waals surface area (Å²) in [6, 6.07) is 8.61. The Morgan fingerprint density at radius 1 is 1.21 bits per heavy atom. The third-order valence-electron chi connectivity index (χ3n) is 6.34. The van der Waals surface area contributed by atoms with Crippen LogP contribution in [0, 0.1) is 11.7 Å². The van der Waals surface area contributed by atoms with E-state index in [-0.39, 0.29) is 11.1 Å². The van der Waals surface area contributed by atoms with E-state index in [0.717, 1.165) is 54.4 Å². The van der Waals surface area contributed by atoms with E-state index in [0.29, 0.717) is 16.4 Å². The number of nitrogens with one attached hydrogen (secondary N) is 2. The van der Waals surface area contributed by atoms with Crippen molar-refractivity contribution in [3.8, 4) is 16.9 Å². The SMILES string of the molecule is C=S(C)(=O)c1cnc2ccc(-c3cc(F)c(O)c(Cl)c3)cc2c1NC1CCC(CNC)CC1. The highest BCUT2D eigenvalue weighted by molar-refractivity contribution is 7.99. The molecule has 1 atom stereocenters. The van der Waals surface area contributed by atoms with Crippen LogP contribution in [0.15, 0.2) is 41.4 Å². The summed E-state index contributed by atoms with van der Waals surface area (Å²) in [5, 5.41) is 17.3. The minimum absolute atomic E-state index is 0.0528. The van der Waals surface area contributed by atoms with E-state index in [1.165, 1.54) is 12.1 Å². The molecule has 0 amide bonds. The van der Waals surface area contributed by atoms with Crippen molar-refractivity contribution >= 4 is 43.6 Å². The summed E-state index contributed by atoms with van der Waals surface area (Å²) in [6.07, 6.45) is 7.55.